The highest BCUT2D eigenvalue weighted by Crippen LogP contribution is 2.32. The van der Waals surface area contributed by atoms with E-state index in [4.69, 9.17) is 20.8 Å². The van der Waals surface area contributed by atoms with Gasteiger partial charge in [0.1, 0.15) is 17.2 Å². The summed E-state index contributed by atoms with van der Waals surface area (Å²) in [5, 5.41) is 1.49. The van der Waals surface area contributed by atoms with Gasteiger partial charge in [-0.3, -0.25) is 4.79 Å². The van der Waals surface area contributed by atoms with Gasteiger partial charge in [0.15, 0.2) is 0 Å². The van der Waals surface area contributed by atoms with E-state index in [1.54, 1.807) is 17.2 Å². The van der Waals surface area contributed by atoms with Crippen LogP contribution in [0.25, 0.3) is 11.0 Å². The fraction of sp³-hybridized carbons (Fsp3) is 0.333. The molecule has 1 atom stereocenters. The Morgan fingerprint density at radius 2 is 2.00 bits per heavy atom. The Balaban J connectivity index is 1.55. The van der Waals surface area contributed by atoms with E-state index in [1.807, 2.05) is 49.2 Å². The Kier molecular flexibility index (Phi) is 5.24. The smallest absolute Gasteiger partial charge is 0.255 e. The zero-order valence-electron chi connectivity index (χ0n) is 15.9. The quantitative estimate of drug-likeness (QED) is 0.659. The van der Waals surface area contributed by atoms with E-state index in [-0.39, 0.29) is 11.9 Å². The van der Waals surface area contributed by atoms with Crippen LogP contribution in [0.15, 0.2) is 47.0 Å². The van der Waals surface area contributed by atoms with E-state index in [9.17, 15) is 4.79 Å². The fourth-order valence-electron chi connectivity index (χ4n) is 3.34. The first-order chi connectivity index (χ1) is 13.5. The van der Waals surface area contributed by atoms with E-state index in [0.29, 0.717) is 42.7 Å². The third-order valence-corrected chi connectivity index (χ3v) is 5.42. The molecule has 0 radical (unpaired) electrons. The summed E-state index contributed by atoms with van der Waals surface area (Å²) in [6.45, 7) is 4.32. The molecule has 2 aromatic heterocycles. The number of benzene rings is 1. The number of aromatic nitrogens is 1. The van der Waals surface area contributed by atoms with Crippen molar-refractivity contribution < 1.29 is 13.9 Å². The number of fused-ring (bicyclic) bond motifs is 1. The van der Waals surface area contributed by atoms with Gasteiger partial charge in [-0.1, -0.05) is 29.8 Å². The second-order valence-corrected chi connectivity index (χ2v) is 7.31. The van der Waals surface area contributed by atoms with Crippen molar-refractivity contribution in [1.29, 1.82) is 0 Å². The predicted molar refractivity (Wildman–Crippen MR) is 109 cm³/mol. The average molecular weight is 400 g/mol. The van der Waals surface area contributed by atoms with Crippen LogP contribution in [0.1, 0.15) is 29.1 Å². The molecule has 1 aliphatic heterocycles. The summed E-state index contributed by atoms with van der Waals surface area (Å²) in [6, 6.07) is 11.5. The lowest BCUT2D eigenvalue weighted by Crippen LogP contribution is -2.40. The van der Waals surface area contributed by atoms with Crippen molar-refractivity contribution >= 4 is 34.3 Å². The number of hydrogen-bond donors (Lipinski definition) is 0. The molecule has 0 bridgehead atoms. The van der Waals surface area contributed by atoms with E-state index in [1.165, 1.54) is 0 Å². The molecule has 28 heavy (non-hydrogen) atoms. The van der Waals surface area contributed by atoms with E-state index < -0.39 is 0 Å². The summed E-state index contributed by atoms with van der Waals surface area (Å²) < 4.78 is 11.3. The standard InChI is InChI=1S/C21H22ClN3O3/c1-14(19-12-15-5-3-4-6-18(15)28-19)24(2)20-17(22)11-16(13-23-20)21(26)25-7-9-27-10-8-25/h3-6,11-14H,7-10H2,1-2H3. The fourth-order valence-corrected chi connectivity index (χ4v) is 3.64. The molecular weight excluding hydrogens is 378 g/mol. The molecule has 1 aliphatic rings. The number of pyridine rings is 1. The maximum absolute atomic E-state index is 12.6. The monoisotopic (exact) mass is 399 g/mol. The van der Waals surface area contributed by atoms with Gasteiger partial charge in [-0.25, -0.2) is 4.98 Å². The van der Waals surface area contributed by atoms with Crippen LogP contribution < -0.4 is 4.90 Å². The minimum absolute atomic E-state index is 0.0711. The van der Waals surface area contributed by atoms with E-state index >= 15 is 0 Å². The number of rotatable bonds is 4. The summed E-state index contributed by atoms with van der Waals surface area (Å²) in [6.07, 6.45) is 1.58. The largest absolute Gasteiger partial charge is 0.459 e. The van der Waals surface area contributed by atoms with E-state index in [0.717, 1.165) is 16.7 Å². The molecule has 3 aromatic rings. The third-order valence-electron chi connectivity index (χ3n) is 5.14. The molecule has 0 spiro atoms. The number of hydrogen-bond acceptors (Lipinski definition) is 5. The van der Waals surface area contributed by atoms with Gasteiger partial charge in [-0.2, -0.15) is 0 Å². The number of ether oxygens (including phenoxy) is 1. The van der Waals surface area contributed by atoms with Gasteiger partial charge in [0, 0.05) is 31.7 Å². The van der Waals surface area contributed by atoms with Gasteiger partial charge < -0.3 is 19.0 Å². The van der Waals surface area contributed by atoms with Crippen LogP contribution in [0, 0.1) is 0 Å². The molecule has 0 saturated carbocycles. The Labute approximate surface area is 168 Å². The first-order valence-electron chi connectivity index (χ1n) is 9.28. The van der Waals surface area contributed by atoms with Crippen LogP contribution >= 0.6 is 11.6 Å². The lowest BCUT2D eigenvalue weighted by atomic mass is 10.2. The summed E-state index contributed by atoms with van der Waals surface area (Å²) in [5.74, 6) is 1.36. The van der Waals surface area contributed by atoms with Gasteiger partial charge in [-0.05, 0) is 25.1 Å². The number of morpholine rings is 1. The number of furan rings is 1. The van der Waals surface area contributed by atoms with Crippen molar-refractivity contribution in [3.63, 3.8) is 0 Å². The maximum atomic E-state index is 12.6. The molecular formula is C21H22ClN3O3. The minimum atomic E-state index is -0.0720. The summed E-state index contributed by atoms with van der Waals surface area (Å²) in [4.78, 5) is 20.8. The predicted octanol–water partition coefficient (Wildman–Crippen LogP) is 4.15. The SMILES string of the molecule is CC(c1cc2ccccc2o1)N(C)c1ncc(C(=O)N2CCOCC2)cc1Cl. The van der Waals surface area contributed by atoms with Crippen molar-refractivity contribution in [2.24, 2.45) is 0 Å². The van der Waals surface area contributed by atoms with Crippen LogP contribution in [0.4, 0.5) is 5.82 Å². The Morgan fingerprint density at radius 3 is 2.71 bits per heavy atom. The molecule has 0 aliphatic carbocycles. The normalized spacial score (nSPS) is 15.6. The highest BCUT2D eigenvalue weighted by molar-refractivity contribution is 6.33. The Hall–Kier alpha value is -2.57. The topological polar surface area (TPSA) is 58.8 Å². The molecule has 146 valence electrons. The van der Waals surface area contributed by atoms with Gasteiger partial charge in [0.25, 0.3) is 5.91 Å². The van der Waals surface area contributed by atoms with Crippen molar-refractivity contribution in [3.8, 4) is 0 Å². The van der Waals surface area contributed by atoms with E-state index in [2.05, 4.69) is 4.98 Å². The second-order valence-electron chi connectivity index (χ2n) is 6.91. The highest BCUT2D eigenvalue weighted by atomic mass is 35.5. The lowest BCUT2D eigenvalue weighted by Gasteiger charge is -2.28. The number of carbonyl (C=O) groups excluding carboxylic acids is 1. The van der Waals surface area contributed by atoms with Crippen LogP contribution in [-0.2, 0) is 4.74 Å². The number of carbonyl (C=O) groups is 1. The van der Waals surface area contributed by atoms with Crippen molar-refractivity contribution in [3.05, 3.63) is 58.9 Å². The van der Waals surface area contributed by atoms with Crippen molar-refractivity contribution in [2.75, 3.05) is 38.3 Å². The van der Waals surface area contributed by atoms with Crippen molar-refractivity contribution in [1.82, 2.24) is 9.88 Å². The first-order valence-corrected chi connectivity index (χ1v) is 9.66. The third kappa shape index (κ3) is 3.57. The molecule has 6 nitrogen and oxygen atoms in total. The zero-order valence-corrected chi connectivity index (χ0v) is 16.6. The van der Waals surface area contributed by atoms with Crippen LogP contribution in [0.2, 0.25) is 5.02 Å². The number of halogens is 1. The zero-order chi connectivity index (χ0) is 19.7. The first kappa shape index (κ1) is 18.8. The molecule has 4 rings (SSSR count). The number of amides is 1. The van der Waals surface area contributed by atoms with Crippen LogP contribution in [-0.4, -0.2) is 49.1 Å². The van der Waals surface area contributed by atoms with Gasteiger partial charge >= 0.3 is 0 Å². The van der Waals surface area contributed by atoms with Gasteiger partial charge in [0.2, 0.25) is 0 Å². The van der Waals surface area contributed by atoms with Gasteiger partial charge in [0.05, 0.1) is 29.8 Å². The van der Waals surface area contributed by atoms with Crippen molar-refractivity contribution in [2.45, 2.75) is 13.0 Å². The molecule has 1 unspecified atom stereocenters. The van der Waals surface area contributed by atoms with Crippen LogP contribution in [0.5, 0.6) is 0 Å². The molecule has 1 amide bonds. The summed E-state index contributed by atoms with van der Waals surface area (Å²) >= 11 is 6.49. The molecule has 3 heterocycles. The Morgan fingerprint density at radius 1 is 1.25 bits per heavy atom. The molecule has 7 heteroatoms. The Bertz CT molecular complexity index is 964. The molecule has 1 fully saturated rings. The molecule has 1 saturated heterocycles. The van der Waals surface area contributed by atoms with Gasteiger partial charge in [-0.15, -0.1) is 0 Å². The van der Waals surface area contributed by atoms with Crippen LogP contribution in [0.3, 0.4) is 0 Å². The average Bonchev–Trinajstić information content (AvgIpc) is 3.17. The highest BCUT2D eigenvalue weighted by Gasteiger charge is 2.23. The molecule has 0 N–H and O–H groups in total. The number of nitrogens with zero attached hydrogens (tertiary/aromatic N) is 3. The minimum Gasteiger partial charge on any atom is -0.459 e. The summed E-state index contributed by atoms with van der Waals surface area (Å²) in [7, 11) is 1.91. The lowest BCUT2D eigenvalue weighted by molar-refractivity contribution is 0.0302. The second kappa shape index (κ2) is 7.81. The number of para-hydroxylation sites is 1. The maximum Gasteiger partial charge on any atom is 0.255 e. The molecule has 1 aromatic carbocycles. The summed E-state index contributed by atoms with van der Waals surface area (Å²) in [5.41, 5.74) is 1.34. The number of anilines is 1.